The molecule has 0 fully saturated rings. The summed E-state index contributed by atoms with van der Waals surface area (Å²) in [6.07, 6.45) is -4.37. The largest absolute Gasteiger partial charge is 0.402 e. The fourth-order valence-electron chi connectivity index (χ4n) is 1.63. The second-order valence-corrected chi connectivity index (χ2v) is 6.48. The first kappa shape index (κ1) is 17.1. The Bertz CT molecular complexity index is 576. The smallest absolute Gasteiger partial charge is 0.398 e. The van der Waals surface area contributed by atoms with E-state index in [4.69, 9.17) is 17.3 Å². The Labute approximate surface area is 120 Å². The molecule has 0 radical (unpaired) electrons. The molecule has 0 aliphatic heterocycles. The van der Waals surface area contributed by atoms with Crippen LogP contribution in [0, 0.1) is 0 Å². The van der Waals surface area contributed by atoms with E-state index in [0.717, 1.165) is 6.07 Å². The fraction of sp³-hybridized carbons (Fsp3) is 0.455. The first-order valence-corrected chi connectivity index (χ1v) is 7.51. The Morgan fingerprint density at radius 3 is 2.40 bits per heavy atom. The average Bonchev–Trinajstić information content (AvgIpc) is 2.26. The molecule has 1 aromatic rings. The van der Waals surface area contributed by atoms with Crippen molar-refractivity contribution in [1.82, 2.24) is 4.31 Å². The van der Waals surface area contributed by atoms with Gasteiger partial charge in [-0.05, 0) is 24.6 Å². The number of nitrogens with zero attached hydrogens (tertiary/aromatic N) is 1. The number of anilines is 1. The van der Waals surface area contributed by atoms with E-state index in [0.29, 0.717) is 4.31 Å². The van der Waals surface area contributed by atoms with Crippen LogP contribution in [0.5, 0.6) is 0 Å². The number of benzene rings is 1. The van der Waals surface area contributed by atoms with Crippen LogP contribution >= 0.6 is 11.6 Å². The van der Waals surface area contributed by atoms with Crippen LogP contribution in [0.2, 0.25) is 5.02 Å². The van der Waals surface area contributed by atoms with Crippen molar-refractivity contribution in [3.05, 3.63) is 23.2 Å². The van der Waals surface area contributed by atoms with Crippen LogP contribution in [0.15, 0.2) is 23.1 Å². The summed E-state index contributed by atoms with van der Waals surface area (Å²) in [5.74, 6) is 0. The minimum absolute atomic E-state index is 0.180. The molecule has 0 aliphatic rings. The minimum Gasteiger partial charge on any atom is -0.398 e. The van der Waals surface area contributed by atoms with E-state index in [-0.39, 0.29) is 28.6 Å². The third-order valence-corrected chi connectivity index (χ3v) is 4.57. The molecule has 0 spiro atoms. The van der Waals surface area contributed by atoms with E-state index < -0.39 is 22.7 Å². The zero-order chi connectivity index (χ0) is 15.6. The van der Waals surface area contributed by atoms with Gasteiger partial charge in [0.2, 0.25) is 10.0 Å². The van der Waals surface area contributed by atoms with E-state index in [1.807, 2.05) is 0 Å². The van der Waals surface area contributed by atoms with E-state index in [9.17, 15) is 21.6 Å². The molecule has 1 aromatic carbocycles. The molecule has 0 aliphatic carbocycles. The molecule has 0 heterocycles. The molecule has 0 aromatic heterocycles. The number of rotatable bonds is 5. The lowest BCUT2D eigenvalue weighted by Crippen LogP contribution is -2.39. The van der Waals surface area contributed by atoms with E-state index >= 15 is 0 Å². The lowest BCUT2D eigenvalue weighted by molar-refractivity contribution is -0.136. The number of halogens is 4. The van der Waals surface area contributed by atoms with Crippen LogP contribution < -0.4 is 5.73 Å². The number of alkyl halides is 3. The Morgan fingerprint density at radius 2 is 1.95 bits per heavy atom. The van der Waals surface area contributed by atoms with Crippen LogP contribution in [-0.2, 0) is 10.0 Å². The average molecular weight is 331 g/mol. The van der Waals surface area contributed by atoms with Gasteiger partial charge < -0.3 is 5.73 Å². The van der Waals surface area contributed by atoms with Crippen molar-refractivity contribution < 1.29 is 21.6 Å². The number of nitrogens with two attached hydrogens (primary N) is 1. The van der Waals surface area contributed by atoms with Crippen molar-refractivity contribution in [2.75, 3.05) is 18.8 Å². The predicted molar refractivity (Wildman–Crippen MR) is 71.0 cm³/mol. The van der Waals surface area contributed by atoms with Crippen molar-refractivity contribution in [2.45, 2.75) is 24.4 Å². The Morgan fingerprint density at radius 1 is 1.35 bits per heavy atom. The van der Waals surface area contributed by atoms with Gasteiger partial charge in [0.15, 0.2) is 0 Å². The fourth-order valence-corrected chi connectivity index (χ4v) is 3.42. The third kappa shape index (κ3) is 4.26. The Kier molecular flexibility index (Phi) is 5.28. The first-order chi connectivity index (χ1) is 9.08. The summed E-state index contributed by atoms with van der Waals surface area (Å²) in [6, 6.07) is 3.56. The van der Waals surface area contributed by atoms with Gasteiger partial charge in [-0.1, -0.05) is 18.5 Å². The summed E-state index contributed by atoms with van der Waals surface area (Å²) >= 11 is 5.65. The molecule has 0 atom stereocenters. The molecular formula is C11H14ClF3N2O2S. The highest BCUT2D eigenvalue weighted by atomic mass is 35.5. The molecule has 0 amide bonds. The summed E-state index contributed by atoms with van der Waals surface area (Å²) in [7, 11) is -4.31. The van der Waals surface area contributed by atoms with E-state index in [1.54, 1.807) is 6.92 Å². The number of sulfonamides is 1. The molecule has 114 valence electrons. The molecule has 1 rings (SSSR count). The molecule has 0 saturated heterocycles. The highest BCUT2D eigenvalue weighted by Crippen LogP contribution is 2.28. The van der Waals surface area contributed by atoms with Crippen molar-refractivity contribution in [3.63, 3.8) is 0 Å². The van der Waals surface area contributed by atoms with Crippen LogP contribution in [0.4, 0.5) is 18.9 Å². The second kappa shape index (κ2) is 6.19. The lowest BCUT2D eigenvalue weighted by atomic mass is 10.3. The van der Waals surface area contributed by atoms with Crippen molar-refractivity contribution in [1.29, 1.82) is 0 Å². The predicted octanol–water partition coefficient (Wildman–Crippen LogP) is 2.89. The van der Waals surface area contributed by atoms with Crippen molar-refractivity contribution in [2.24, 2.45) is 0 Å². The number of hydrogen-bond donors (Lipinski definition) is 1. The van der Waals surface area contributed by atoms with Crippen LogP contribution in [0.1, 0.15) is 13.3 Å². The molecule has 4 nitrogen and oxygen atoms in total. The summed E-state index contributed by atoms with van der Waals surface area (Å²) in [6.45, 7) is -0.209. The highest BCUT2D eigenvalue weighted by molar-refractivity contribution is 7.89. The maximum atomic E-state index is 12.5. The molecule has 0 bridgehead atoms. The van der Waals surface area contributed by atoms with Gasteiger partial charge in [0.25, 0.3) is 0 Å². The zero-order valence-corrected chi connectivity index (χ0v) is 12.2. The maximum absolute atomic E-state index is 12.5. The maximum Gasteiger partial charge on any atom is 0.402 e. The molecule has 20 heavy (non-hydrogen) atoms. The lowest BCUT2D eigenvalue weighted by Gasteiger charge is -2.23. The summed E-state index contributed by atoms with van der Waals surface area (Å²) in [5.41, 5.74) is 5.35. The van der Waals surface area contributed by atoms with E-state index in [2.05, 4.69) is 0 Å². The second-order valence-electron chi connectivity index (χ2n) is 4.14. The third-order valence-electron chi connectivity index (χ3n) is 2.42. The van der Waals surface area contributed by atoms with Gasteiger partial charge in [-0.25, -0.2) is 8.42 Å². The minimum atomic E-state index is -4.62. The van der Waals surface area contributed by atoms with Crippen LogP contribution in [0.3, 0.4) is 0 Å². The van der Waals surface area contributed by atoms with Gasteiger partial charge in [-0.3, -0.25) is 0 Å². The monoisotopic (exact) mass is 330 g/mol. The number of hydrogen-bond acceptors (Lipinski definition) is 3. The summed E-state index contributed by atoms with van der Waals surface area (Å²) in [4.78, 5) is -0.375. The van der Waals surface area contributed by atoms with E-state index in [1.165, 1.54) is 12.1 Å². The van der Waals surface area contributed by atoms with Gasteiger partial charge in [-0.15, -0.1) is 0 Å². The van der Waals surface area contributed by atoms with Crippen LogP contribution in [-0.4, -0.2) is 32.0 Å². The molecule has 9 heteroatoms. The molecule has 0 unspecified atom stereocenters. The molecule has 0 saturated carbocycles. The first-order valence-electron chi connectivity index (χ1n) is 5.70. The molecule has 2 N–H and O–H groups in total. The topological polar surface area (TPSA) is 63.4 Å². The Hall–Kier alpha value is -0.990. The normalized spacial score (nSPS) is 12.9. The number of nitrogen functional groups attached to an aromatic ring is 1. The van der Waals surface area contributed by atoms with Crippen molar-refractivity contribution >= 4 is 27.3 Å². The zero-order valence-electron chi connectivity index (χ0n) is 10.6. The quantitative estimate of drug-likeness (QED) is 0.844. The van der Waals surface area contributed by atoms with Crippen molar-refractivity contribution in [3.8, 4) is 0 Å². The van der Waals surface area contributed by atoms with Gasteiger partial charge in [0, 0.05) is 11.6 Å². The SMILES string of the molecule is CCCN(CC(F)(F)F)S(=O)(=O)c1ccc(Cl)cc1N. The van der Waals surface area contributed by atoms with Crippen LogP contribution in [0.25, 0.3) is 0 Å². The van der Waals surface area contributed by atoms with Gasteiger partial charge in [0.05, 0.1) is 5.69 Å². The summed E-state index contributed by atoms with van der Waals surface area (Å²) < 4.78 is 62.3. The van der Waals surface area contributed by atoms with Gasteiger partial charge >= 0.3 is 6.18 Å². The Balaban J connectivity index is 3.22. The van der Waals surface area contributed by atoms with Gasteiger partial charge in [-0.2, -0.15) is 17.5 Å². The summed E-state index contributed by atoms with van der Waals surface area (Å²) in [5, 5.41) is 0.208. The van der Waals surface area contributed by atoms with Gasteiger partial charge in [0.1, 0.15) is 11.4 Å². The highest BCUT2D eigenvalue weighted by Gasteiger charge is 2.37. The molecular weight excluding hydrogens is 317 g/mol. The standard InChI is InChI=1S/C11H14ClF3N2O2S/c1-2-5-17(7-11(13,14)15)20(18,19)10-4-3-8(12)6-9(10)16/h3-4,6H,2,5,7,16H2,1H3.